The molecular formula is C46H71N5O3Si. The molecule has 0 aliphatic heterocycles. The molecule has 0 radical (unpaired) electrons. The molecule has 0 fully saturated rings. The van der Waals surface area contributed by atoms with Gasteiger partial charge >= 0.3 is 5.97 Å². The Morgan fingerprint density at radius 2 is 1.22 bits per heavy atom. The van der Waals surface area contributed by atoms with Crippen LogP contribution in [0.1, 0.15) is 156 Å². The number of aromatic nitrogens is 4. The average Bonchev–Trinajstić information content (AvgIpc) is 3.58. The molecular weight excluding hydrogens is 699 g/mol. The molecule has 0 aliphatic rings. The van der Waals surface area contributed by atoms with Crippen LogP contribution in [0.15, 0.2) is 65.5 Å². The van der Waals surface area contributed by atoms with Gasteiger partial charge in [-0.2, -0.15) is 4.98 Å². The summed E-state index contributed by atoms with van der Waals surface area (Å²) in [5.41, 5.74) is 6.08. The number of nitrogen functional groups attached to an aromatic ring is 1. The molecule has 8 nitrogen and oxygen atoms in total. The number of unbranched alkanes of at least 4 members (excludes halogenated alkanes) is 16. The maximum Gasteiger partial charge on any atom is 0.305 e. The molecule has 0 aliphatic carbocycles. The molecule has 55 heavy (non-hydrogen) atoms. The van der Waals surface area contributed by atoms with Crippen molar-refractivity contribution in [2.75, 3.05) is 12.3 Å². The molecule has 302 valence electrons. The van der Waals surface area contributed by atoms with Crippen LogP contribution in [0.4, 0.5) is 5.95 Å². The number of hydrogen-bond donors (Lipinski definition) is 3. The lowest BCUT2D eigenvalue weighted by Crippen LogP contribution is -2.64. The largest absolute Gasteiger partial charge is 0.465 e. The van der Waals surface area contributed by atoms with E-state index in [1.807, 2.05) is 0 Å². The number of nitrogens with two attached hydrogens (primary N) is 1. The van der Waals surface area contributed by atoms with E-state index in [1.54, 1.807) is 0 Å². The van der Waals surface area contributed by atoms with Crippen molar-refractivity contribution in [1.29, 1.82) is 0 Å². The molecule has 2 aromatic heterocycles. The number of fused-ring (bicyclic) bond motifs is 1. The minimum absolute atomic E-state index is 0.00172. The van der Waals surface area contributed by atoms with E-state index in [-0.39, 0.29) is 28.4 Å². The predicted octanol–water partition coefficient (Wildman–Crippen LogP) is 10.4. The lowest BCUT2D eigenvalue weighted by atomic mass is 10.0. The number of imidazole rings is 1. The molecule has 0 saturated heterocycles. The monoisotopic (exact) mass is 770 g/mol. The normalized spacial score (nSPS) is 12.7. The summed E-state index contributed by atoms with van der Waals surface area (Å²) in [6.07, 6.45) is 24.1. The molecule has 0 amide bonds. The number of benzene rings is 2. The Labute approximate surface area is 332 Å². The van der Waals surface area contributed by atoms with Gasteiger partial charge in [-0.1, -0.05) is 201 Å². The first-order valence-electron chi connectivity index (χ1n) is 21.6. The second-order valence-corrected chi connectivity index (χ2v) is 21.9. The van der Waals surface area contributed by atoms with Gasteiger partial charge in [0, 0.05) is 12.8 Å². The number of nitrogens with one attached hydrogen (secondary N) is 2. The highest BCUT2D eigenvalue weighted by Crippen LogP contribution is 2.40. The van der Waals surface area contributed by atoms with Gasteiger partial charge in [0.05, 0.1) is 6.61 Å². The van der Waals surface area contributed by atoms with Crippen LogP contribution in [0.25, 0.3) is 11.2 Å². The number of H-pyrrole nitrogens is 2. The van der Waals surface area contributed by atoms with Crippen LogP contribution in [0.3, 0.4) is 0 Å². The van der Waals surface area contributed by atoms with E-state index in [9.17, 15) is 9.59 Å². The van der Waals surface area contributed by atoms with Crippen LogP contribution < -0.4 is 21.7 Å². The van der Waals surface area contributed by atoms with Gasteiger partial charge in [0.15, 0.2) is 11.2 Å². The maximum absolute atomic E-state index is 13.1. The summed E-state index contributed by atoms with van der Waals surface area (Å²) in [5, 5.41) is 2.81. The topological polar surface area (TPSA) is 127 Å². The molecule has 4 aromatic rings. The quantitative estimate of drug-likeness (QED) is 0.0315. The van der Waals surface area contributed by atoms with Gasteiger partial charge < -0.3 is 15.5 Å². The Balaban J connectivity index is 1.28. The number of esters is 1. The Kier molecular flexibility index (Phi) is 18.7. The predicted molar refractivity (Wildman–Crippen MR) is 233 cm³/mol. The van der Waals surface area contributed by atoms with Crippen LogP contribution in [0, 0.1) is 5.92 Å². The zero-order valence-corrected chi connectivity index (χ0v) is 35.6. The Hall–Kier alpha value is -3.72. The van der Waals surface area contributed by atoms with E-state index in [1.165, 1.54) is 107 Å². The summed E-state index contributed by atoms with van der Waals surface area (Å²) in [5.74, 6) is 0.553. The maximum atomic E-state index is 13.1. The van der Waals surface area contributed by atoms with Crippen LogP contribution in [0.2, 0.25) is 11.1 Å². The Morgan fingerprint density at radius 1 is 0.727 bits per heavy atom. The molecule has 0 bridgehead atoms. The van der Waals surface area contributed by atoms with Gasteiger partial charge in [-0.05, 0) is 29.8 Å². The number of anilines is 1. The van der Waals surface area contributed by atoms with Crippen LogP contribution in [-0.4, -0.2) is 40.6 Å². The summed E-state index contributed by atoms with van der Waals surface area (Å²) in [6, 6.07) is 22.9. The first kappa shape index (κ1) is 44.0. The standard InChI is InChI=1S/C46H71N5O3Si/c1-5-6-7-8-9-10-11-12-13-14-15-16-17-18-19-20-27-32-41(52)54-36-37(35-40-48-42-43(49-40)50-45(47)51-44(42)53)33-34-55(46(2,3)4,38-28-23-21-24-29-38)39-30-25-22-26-31-39/h21-26,28-31,37H,5-20,27,32-36H2,1-4H3,(H4,47,48,49,50,51,53). The Morgan fingerprint density at radius 3 is 1.71 bits per heavy atom. The van der Waals surface area contributed by atoms with Gasteiger partial charge in [0.25, 0.3) is 5.56 Å². The summed E-state index contributed by atoms with van der Waals surface area (Å²) < 4.78 is 6.02. The molecule has 4 rings (SSSR count). The van der Waals surface area contributed by atoms with Crippen molar-refractivity contribution in [2.45, 2.75) is 167 Å². The fraction of sp³-hybridized carbons (Fsp3) is 0.609. The number of nitrogens with zero attached hydrogens (tertiary/aromatic N) is 2. The minimum atomic E-state index is -2.35. The van der Waals surface area contributed by atoms with Crippen molar-refractivity contribution in [3.05, 3.63) is 76.8 Å². The number of carbonyl (C=O) groups is 1. The highest BCUT2D eigenvalue weighted by atomic mass is 28.3. The summed E-state index contributed by atoms with van der Waals surface area (Å²) in [7, 11) is -2.35. The molecule has 0 spiro atoms. The second kappa shape index (κ2) is 23.4. The Bertz CT molecular complexity index is 1680. The molecule has 4 N–H and O–H groups in total. The number of rotatable bonds is 27. The van der Waals surface area contributed by atoms with E-state index in [0.717, 1.165) is 25.3 Å². The van der Waals surface area contributed by atoms with E-state index in [0.29, 0.717) is 36.4 Å². The lowest BCUT2D eigenvalue weighted by Gasteiger charge is -2.45. The van der Waals surface area contributed by atoms with Crippen molar-refractivity contribution in [2.24, 2.45) is 5.92 Å². The summed E-state index contributed by atoms with van der Waals surface area (Å²) in [6.45, 7) is 9.70. The molecule has 1 unspecified atom stereocenters. The third-order valence-electron chi connectivity index (χ3n) is 11.6. The smallest absolute Gasteiger partial charge is 0.305 e. The van der Waals surface area contributed by atoms with Crippen molar-refractivity contribution in [3.63, 3.8) is 0 Å². The van der Waals surface area contributed by atoms with Gasteiger partial charge in [0.2, 0.25) is 5.95 Å². The lowest BCUT2D eigenvalue weighted by molar-refractivity contribution is -0.145. The SMILES string of the molecule is CCCCCCCCCCCCCCCCCCCC(=O)OCC(CC[Si](c1ccccc1)(c1ccccc1)C(C)(C)C)Cc1nc2nc(N)[nH]c(=O)c2[nH]1. The van der Waals surface area contributed by atoms with E-state index in [2.05, 4.69) is 108 Å². The molecule has 0 saturated carbocycles. The van der Waals surface area contributed by atoms with Gasteiger partial charge in [-0.3, -0.25) is 14.6 Å². The fourth-order valence-electron chi connectivity index (χ4n) is 8.43. The van der Waals surface area contributed by atoms with Crippen molar-refractivity contribution in [1.82, 2.24) is 19.9 Å². The zero-order valence-electron chi connectivity index (χ0n) is 34.6. The van der Waals surface area contributed by atoms with Gasteiger partial charge in [-0.25, -0.2) is 4.98 Å². The average molecular weight is 770 g/mol. The first-order valence-corrected chi connectivity index (χ1v) is 23.9. The summed E-state index contributed by atoms with van der Waals surface area (Å²) >= 11 is 0. The molecule has 9 heteroatoms. The van der Waals surface area contributed by atoms with Crippen molar-refractivity contribution in [3.8, 4) is 0 Å². The number of ether oxygens (including phenoxy) is 1. The highest BCUT2D eigenvalue weighted by molar-refractivity contribution is 7.04. The van der Waals surface area contributed by atoms with Gasteiger partial charge in [-0.15, -0.1) is 0 Å². The fourth-order valence-corrected chi connectivity index (χ4v) is 14.2. The third-order valence-corrected chi connectivity index (χ3v) is 17.9. The number of hydrogen-bond acceptors (Lipinski definition) is 6. The highest BCUT2D eigenvalue weighted by Gasteiger charge is 2.47. The first-order chi connectivity index (χ1) is 26.6. The third kappa shape index (κ3) is 14.1. The van der Waals surface area contributed by atoms with E-state index in [4.69, 9.17) is 10.5 Å². The van der Waals surface area contributed by atoms with Crippen LogP contribution in [0.5, 0.6) is 0 Å². The second-order valence-electron chi connectivity index (χ2n) is 16.9. The minimum Gasteiger partial charge on any atom is -0.465 e. The van der Waals surface area contributed by atoms with Crippen LogP contribution in [-0.2, 0) is 16.0 Å². The molecule has 2 heterocycles. The molecule has 1 atom stereocenters. The summed E-state index contributed by atoms with van der Waals surface area (Å²) in [4.78, 5) is 40.3. The van der Waals surface area contributed by atoms with E-state index < -0.39 is 8.07 Å². The van der Waals surface area contributed by atoms with Crippen molar-refractivity contribution >= 4 is 41.5 Å². The number of aromatic amines is 2. The van der Waals surface area contributed by atoms with E-state index >= 15 is 0 Å². The zero-order chi connectivity index (χ0) is 39.4. The van der Waals surface area contributed by atoms with Crippen molar-refractivity contribution < 1.29 is 9.53 Å². The van der Waals surface area contributed by atoms with Gasteiger partial charge in [0.1, 0.15) is 13.9 Å². The molecule has 2 aromatic carbocycles. The number of carbonyl (C=O) groups excluding carboxylic acids is 1. The van der Waals surface area contributed by atoms with Crippen LogP contribution >= 0.6 is 0 Å².